The van der Waals surface area contributed by atoms with E-state index in [9.17, 15) is 14.7 Å². The minimum absolute atomic E-state index is 0.0496. The van der Waals surface area contributed by atoms with Gasteiger partial charge < -0.3 is 19.6 Å². The highest BCUT2D eigenvalue weighted by Gasteiger charge is 2.36. The lowest BCUT2D eigenvalue weighted by atomic mass is 10.0. The van der Waals surface area contributed by atoms with Gasteiger partial charge in [-0.05, 0) is 36.6 Å². The Morgan fingerprint density at radius 1 is 1.28 bits per heavy atom. The zero-order chi connectivity index (χ0) is 18.6. The van der Waals surface area contributed by atoms with Crippen molar-refractivity contribution >= 4 is 11.9 Å². The molecule has 1 aromatic carbocycles. The molecule has 0 aliphatic carbocycles. The summed E-state index contributed by atoms with van der Waals surface area (Å²) >= 11 is 0. The van der Waals surface area contributed by atoms with Crippen LogP contribution in [0.25, 0.3) is 11.3 Å². The van der Waals surface area contributed by atoms with Crippen LogP contribution in [0, 0.1) is 0 Å². The summed E-state index contributed by atoms with van der Waals surface area (Å²) in [4.78, 5) is 23.7. The first-order valence-corrected chi connectivity index (χ1v) is 8.02. The van der Waals surface area contributed by atoms with Crippen LogP contribution in [0.2, 0.25) is 0 Å². The van der Waals surface area contributed by atoms with Crippen LogP contribution in [0.1, 0.15) is 42.8 Å². The molecule has 0 radical (unpaired) electrons. The number of benzene rings is 1. The molecule has 6 heteroatoms. The van der Waals surface area contributed by atoms with Crippen LogP contribution in [-0.2, 0) is 9.53 Å². The van der Waals surface area contributed by atoms with Gasteiger partial charge in [0.25, 0.3) is 5.91 Å². The molecule has 2 rings (SSSR count). The van der Waals surface area contributed by atoms with E-state index in [-0.39, 0.29) is 12.4 Å². The van der Waals surface area contributed by atoms with Crippen LogP contribution < -0.4 is 5.32 Å². The molecule has 1 amide bonds. The fraction of sp³-hybridized carbons (Fsp3) is 0.368. The quantitative estimate of drug-likeness (QED) is 0.804. The molecule has 2 N–H and O–H groups in total. The third kappa shape index (κ3) is 4.28. The average molecular weight is 345 g/mol. The van der Waals surface area contributed by atoms with E-state index in [0.29, 0.717) is 11.7 Å². The van der Waals surface area contributed by atoms with Crippen molar-refractivity contribution in [2.24, 2.45) is 0 Å². The number of ether oxygens (including phenoxy) is 1. The number of amides is 1. The summed E-state index contributed by atoms with van der Waals surface area (Å²) in [5.41, 5.74) is 0.498. The summed E-state index contributed by atoms with van der Waals surface area (Å²) in [7, 11) is 1.38. The van der Waals surface area contributed by atoms with E-state index in [1.165, 1.54) is 25.7 Å². The Kier molecular flexibility index (Phi) is 5.64. The van der Waals surface area contributed by atoms with Crippen LogP contribution in [0.4, 0.5) is 0 Å². The second kappa shape index (κ2) is 7.53. The lowest BCUT2D eigenvalue weighted by Crippen LogP contribution is -2.55. The summed E-state index contributed by atoms with van der Waals surface area (Å²) in [6.07, 6.45) is 0. The van der Waals surface area contributed by atoms with Gasteiger partial charge in [-0.1, -0.05) is 32.0 Å². The fourth-order valence-corrected chi connectivity index (χ4v) is 2.42. The van der Waals surface area contributed by atoms with Crippen molar-refractivity contribution in [2.75, 3.05) is 13.7 Å². The molecule has 0 saturated carbocycles. The lowest BCUT2D eigenvalue weighted by Gasteiger charge is -2.24. The topological polar surface area (TPSA) is 88.8 Å². The van der Waals surface area contributed by atoms with Gasteiger partial charge in [0.05, 0.1) is 6.61 Å². The molecule has 6 nitrogen and oxygen atoms in total. The smallest absolute Gasteiger partial charge is 0.331 e. The van der Waals surface area contributed by atoms with Crippen LogP contribution in [0.5, 0.6) is 0 Å². The Morgan fingerprint density at radius 2 is 2.00 bits per heavy atom. The van der Waals surface area contributed by atoms with E-state index in [4.69, 9.17) is 9.15 Å². The number of hydrogen-bond donors (Lipinski definition) is 2. The first kappa shape index (κ1) is 18.7. The zero-order valence-electron chi connectivity index (χ0n) is 14.8. The maximum Gasteiger partial charge on any atom is 0.331 e. The van der Waals surface area contributed by atoms with Crippen molar-refractivity contribution in [2.45, 2.75) is 32.2 Å². The van der Waals surface area contributed by atoms with Gasteiger partial charge in [0.15, 0.2) is 11.3 Å². The Bertz CT molecular complexity index is 765. The second-order valence-corrected chi connectivity index (χ2v) is 6.47. The van der Waals surface area contributed by atoms with E-state index in [1.54, 1.807) is 6.07 Å². The monoisotopic (exact) mass is 345 g/mol. The van der Waals surface area contributed by atoms with Crippen molar-refractivity contribution in [3.05, 3.63) is 47.7 Å². The number of aliphatic carboxylic acids is 1. The number of carboxylic acid groups (broad SMARTS) is 1. The molecular weight excluding hydrogens is 322 g/mol. The lowest BCUT2D eigenvalue weighted by molar-refractivity contribution is -0.145. The third-order valence-electron chi connectivity index (χ3n) is 3.96. The normalized spacial score (nSPS) is 13.5. The minimum atomic E-state index is -1.53. The van der Waals surface area contributed by atoms with Crippen LogP contribution >= 0.6 is 0 Å². The van der Waals surface area contributed by atoms with Crippen LogP contribution in [-0.4, -0.2) is 36.2 Å². The molecule has 25 heavy (non-hydrogen) atoms. The molecule has 0 spiro atoms. The molecule has 1 aromatic heterocycles. The van der Waals surface area contributed by atoms with Gasteiger partial charge in [-0.3, -0.25) is 4.79 Å². The van der Waals surface area contributed by atoms with Crippen molar-refractivity contribution in [3.8, 4) is 11.3 Å². The summed E-state index contributed by atoms with van der Waals surface area (Å²) < 4.78 is 10.5. The van der Waals surface area contributed by atoms with Gasteiger partial charge in [-0.15, -0.1) is 0 Å². The largest absolute Gasteiger partial charge is 0.479 e. The second-order valence-electron chi connectivity index (χ2n) is 6.47. The molecule has 0 aliphatic rings. The summed E-state index contributed by atoms with van der Waals surface area (Å²) in [5.74, 6) is -0.805. The van der Waals surface area contributed by atoms with Crippen molar-refractivity contribution < 1.29 is 23.8 Å². The first-order chi connectivity index (χ1) is 11.8. The molecular formula is C19H23NO5. The number of methoxy groups -OCH3 is 1. The van der Waals surface area contributed by atoms with Gasteiger partial charge in [-0.25, -0.2) is 4.79 Å². The highest BCUT2D eigenvalue weighted by molar-refractivity contribution is 5.96. The minimum Gasteiger partial charge on any atom is -0.479 e. The predicted molar refractivity (Wildman–Crippen MR) is 93.6 cm³/mol. The van der Waals surface area contributed by atoms with E-state index in [0.717, 1.165) is 5.56 Å². The summed E-state index contributed by atoms with van der Waals surface area (Å²) in [6, 6.07) is 11.1. The first-order valence-electron chi connectivity index (χ1n) is 8.02. The highest BCUT2D eigenvalue weighted by atomic mass is 16.5. The fourth-order valence-electron chi connectivity index (χ4n) is 2.42. The zero-order valence-corrected chi connectivity index (χ0v) is 14.8. The molecule has 2 aromatic rings. The molecule has 1 heterocycles. The van der Waals surface area contributed by atoms with Crippen molar-refractivity contribution in [3.63, 3.8) is 0 Å². The standard InChI is InChI=1S/C19H23NO5/c1-12(2)13-6-5-7-14(10-13)15-8-9-16(25-15)17(21)20-19(3,11-24-4)18(22)23/h5-10,12H,11H2,1-4H3,(H,20,21)(H,22,23). The molecule has 0 saturated heterocycles. The van der Waals surface area contributed by atoms with Crippen LogP contribution in [0.3, 0.4) is 0 Å². The molecule has 134 valence electrons. The SMILES string of the molecule is COCC(C)(NC(=O)c1ccc(-c2cccc(C(C)C)c2)o1)C(=O)O. The number of carboxylic acids is 1. The maximum atomic E-state index is 12.3. The molecule has 0 fully saturated rings. The molecule has 0 aliphatic heterocycles. The van der Waals surface area contributed by atoms with Gasteiger partial charge in [0.2, 0.25) is 0 Å². The Morgan fingerprint density at radius 3 is 2.60 bits per heavy atom. The van der Waals surface area contributed by atoms with Gasteiger partial charge in [-0.2, -0.15) is 0 Å². The summed E-state index contributed by atoms with van der Waals surface area (Å²) in [6.45, 7) is 5.43. The third-order valence-corrected chi connectivity index (χ3v) is 3.96. The van der Waals surface area contributed by atoms with E-state index < -0.39 is 17.4 Å². The van der Waals surface area contributed by atoms with Gasteiger partial charge >= 0.3 is 5.97 Å². The summed E-state index contributed by atoms with van der Waals surface area (Å²) in [5, 5.41) is 11.7. The van der Waals surface area contributed by atoms with E-state index >= 15 is 0 Å². The number of carbonyl (C=O) groups is 2. The van der Waals surface area contributed by atoms with Crippen molar-refractivity contribution in [1.29, 1.82) is 0 Å². The average Bonchev–Trinajstić information content (AvgIpc) is 3.05. The predicted octanol–water partition coefficient (Wildman–Crippen LogP) is 3.29. The highest BCUT2D eigenvalue weighted by Crippen LogP contribution is 2.26. The number of carbonyl (C=O) groups excluding carboxylic acids is 1. The van der Waals surface area contributed by atoms with Crippen LogP contribution in [0.15, 0.2) is 40.8 Å². The Hall–Kier alpha value is -2.60. The van der Waals surface area contributed by atoms with Gasteiger partial charge in [0, 0.05) is 12.7 Å². The Labute approximate surface area is 146 Å². The van der Waals surface area contributed by atoms with E-state index in [1.807, 2.05) is 24.3 Å². The van der Waals surface area contributed by atoms with E-state index in [2.05, 4.69) is 19.2 Å². The molecule has 1 atom stereocenters. The number of hydrogen-bond acceptors (Lipinski definition) is 4. The van der Waals surface area contributed by atoms with Gasteiger partial charge in [0.1, 0.15) is 5.76 Å². The maximum absolute atomic E-state index is 12.3. The Balaban J connectivity index is 2.22. The number of furan rings is 1. The molecule has 0 bridgehead atoms. The number of nitrogens with one attached hydrogen (secondary N) is 1. The number of rotatable bonds is 7. The molecule has 1 unspecified atom stereocenters. The van der Waals surface area contributed by atoms with Crippen molar-refractivity contribution in [1.82, 2.24) is 5.32 Å².